The molecule has 0 spiro atoms. The SMILES string of the molecule is CCc1c(F)ccc2cc(O)cc(-c3ncc4c(N5CC[C@@H](C(C)(C)O)C5)nc(C)nc4c3F)c12. The molecule has 2 aromatic heterocycles. The third-order valence-corrected chi connectivity index (χ3v) is 7.02. The Bertz CT molecular complexity index is 1470. The molecule has 1 aliphatic rings. The number of hydrogen-bond acceptors (Lipinski definition) is 6. The molecule has 182 valence electrons. The van der Waals surface area contributed by atoms with Gasteiger partial charge in [-0.05, 0) is 68.1 Å². The molecule has 6 nitrogen and oxygen atoms in total. The van der Waals surface area contributed by atoms with E-state index in [4.69, 9.17) is 0 Å². The van der Waals surface area contributed by atoms with Crippen LogP contribution in [-0.2, 0) is 6.42 Å². The predicted molar refractivity (Wildman–Crippen MR) is 133 cm³/mol. The van der Waals surface area contributed by atoms with Crippen molar-refractivity contribution in [2.75, 3.05) is 18.0 Å². The zero-order valence-electron chi connectivity index (χ0n) is 20.2. The summed E-state index contributed by atoms with van der Waals surface area (Å²) in [6, 6.07) is 5.88. The molecule has 1 fully saturated rings. The summed E-state index contributed by atoms with van der Waals surface area (Å²) in [5, 5.41) is 22.4. The number of aliphatic hydroxyl groups is 1. The lowest BCUT2D eigenvalue weighted by molar-refractivity contribution is 0.0263. The number of aromatic nitrogens is 3. The zero-order valence-corrected chi connectivity index (χ0v) is 20.2. The van der Waals surface area contributed by atoms with Gasteiger partial charge in [0.1, 0.15) is 34.4 Å². The minimum atomic E-state index is -0.827. The Balaban J connectivity index is 1.71. The van der Waals surface area contributed by atoms with Gasteiger partial charge in [-0.1, -0.05) is 13.0 Å². The van der Waals surface area contributed by atoms with Gasteiger partial charge in [0, 0.05) is 30.8 Å². The lowest BCUT2D eigenvalue weighted by Crippen LogP contribution is -2.33. The summed E-state index contributed by atoms with van der Waals surface area (Å²) in [6.07, 6.45) is 2.74. The van der Waals surface area contributed by atoms with Gasteiger partial charge in [0.25, 0.3) is 0 Å². The van der Waals surface area contributed by atoms with E-state index in [9.17, 15) is 14.6 Å². The maximum Gasteiger partial charge on any atom is 0.175 e. The molecular weight excluding hydrogens is 450 g/mol. The largest absolute Gasteiger partial charge is 0.508 e. The van der Waals surface area contributed by atoms with Gasteiger partial charge in [0.05, 0.1) is 11.0 Å². The topological polar surface area (TPSA) is 82.4 Å². The normalized spacial score (nSPS) is 16.5. The average molecular weight is 479 g/mol. The highest BCUT2D eigenvalue weighted by molar-refractivity contribution is 6.01. The predicted octanol–water partition coefficient (Wildman–Crippen LogP) is 5.30. The Morgan fingerprint density at radius 2 is 1.94 bits per heavy atom. The first kappa shape index (κ1) is 23.4. The summed E-state index contributed by atoms with van der Waals surface area (Å²) in [5.41, 5.74) is 0.0463. The zero-order chi connectivity index (χ0) is 25.1. The Hall–Kier alpha value is -3.39. The molecule has 0 radical (unpaired) electrons. The Morgan fingerprint density at radius 3 is 2.63 bits per heavy atom. The van der Waals surface area contributed by atoms with Crippen LogP contribution in [0.3, 0.4) is 0 Å². The minimum absolute atomic E-state index is 0.00135. The molecule has 0 saturated carbocycles. The van der Waals surface area contributed by atoms with Gasteiger partial charge in [-0.3, -0.25) is 4.98 Å². The number of aryl methyl sites for hydroxylation is 2. The summed E-state index contributed by atoms with van der Waals surface area (Å²) in [5.74, 6) is -0.0353. The molecule has 1 aliphatic heterocycles. The summed E-state index contributed by atoms with van der Waals surface area (Å²) < 4.78 is 30.7. The average Bonchev–Trinajstić information content (AvgIpc) is 3.30. The van der Waals surface area contributed by atoms with Crippen LogP contribution in [-0.4, -0.2) is 43.9 Å². The molecule has 1 atom stereocenters. The van der Waals surface area contributed by atoms with E-state index >= 15 is 4.39 Å². The van der Waals surface area contributed by atoms with E-state index in [0.717, 1.165) is 6.42 Å². The molecule has 4 aromatic rings. The van der Waals surface area contributed by atoms with E-state index < -0.39 is 11.4 Å². The molecule has 2 N–H and O–H groups in total. The number of nitrogens with zero attached hydrogens (tertiary/aromatic N) is 4. The molecular formula is C27H28F2N4O2. The minimum Gasteiger partial charge on any atom is -0.508 e. The van der Waals surface area contributed by atoms with Gasteiger partial charge < -0.3 is 15.1 Å². The molecule has 2 aromatic carbocycles. The van der Waals surface area contributed by atoms with Gasteiger partial charge in [-0.2, -0.15) is 0 Å². The van der Waals surface area contributed by atoms with E-state index in [1.165, 1.54) is 18.2 Å². The standard InChI is InChI=1S/C27H28F2N4O2/c1-5-18-21(28)7-6-15-10-17(34)11-19(22(15)18)24-23(29)25-20(12-30-24)26(32-14(2)31-25)33-9-8-16(13-33)27(3,4)35/h6-7,10-12,16,34-35H,5,8-9,13H2,1-4H3/t16-/m1/s1. The highest BCUT2D eigenvalue weighted by Crippen LogP contribution is 2.39. The lowest BCUT2D eigenvalue weighted by atomic mass is 9.90. The Labute approximate surface area is 202 Å². The van der Waals surface area contributed by atoms with Crippen LogP contribution in [0, 0.1) is 24.5 Å². The van der Waals surface area contributed by atoms with Crippen molar-refractivity contribution in [3.8, 4) is 17.0 Å². The third-order valence-electron chi connectivity index (χ3n) is 7.02. The molecule has 35 heavy (non-hydrogen) atoms. The van der Waals surface area contributed by atoms with Gasteiger partial charge in [0.2, 0.25) is 0 Å². The van der Waals surface area contributed by atoms with Gasteiger partial charge in [-0.25, -0.2) is 18.7 Å². The van der Waals surface area contributed by atoms with Gasteiger partial charge in [0.15, 0.2) is 5.82 Å². The van der Waals surface area contributed by atoms with Crippen molar-refractivity contribution >= 4 is 27.5 Å². The van der Waals surface area contributed by atoms with E-state index in [0.29, 0.717) is 58.4 Å². The van der Waals surface area contributed by atoms with Crippen molar-refractivity contribution in [1.82, 2.24) is 15.0 Å². The number of fused-ring (bicyclic) bond motifs is 2. The Morgan fingerprint density at radius 1 is 1.17 bits per heavy atom. The fourth-order valence-electron chi connectivity index (χ4n) is 5.14. The smallest absolute Gasteiger partial charge is 0.175 e. The molecule has 3 heterocycles. The maximum atomic E-state index is 16.1. The Kier molecular flexibility index (Phi) is 5.59. The second-order valence-electron chi connectivity index (χ2n) is 9.83. The first-order chi connectivity index (χ1) is 16.6. The molecule has 0 amide bonds. The number of hydrogen-bond donors (Lipinski definition) is 2. The van der Waals surface area contributed by atoms with Crippen LogP contribution in [0.15, 0.2) is 30.5 Å². The number of anilines is 1. The molecule has 0 aliphatic carbocycles. The molecule has 0 bridgehead atoms. The summed E-state index contributed by atoms with van der Waals surface area (Å²) >= 11 is 0. The fourth-order valence-corrected chi connectivity index (χ4v) is 5.14. The van der Waals surface area contributed by atoms with Crippen LogP contribution < -0.4 is 4.90 Å². The summed E-state index contributed by atoms with van der Waals surface area (Å²) in [4.78, 5) is 15.4. The van der Waals surface area contributed by atoms with Gasteiger partial charge in [-0.15, -0.1) is 0 Å². The number of rotatable bonds is 4. The van der Waals surface area contributed by atoms with Crippen molar-refractivity contribution in [2.24, 2.45) is 5.92 Å². The maximum absolute atomic E-state index is 16.1. The van der Waals surface area contributed by atoms with Crippen molar-refractivity contribution in [2.45, 2.75) is 46.1 Å². The molecule has 1 saturated heterocycles. The molecule has 8 heteroatoms. The number of phenols is 1. The monoisotopic (exact) mass is 478 g/mol. The molecule has 5 rings (SSSR count). The summed E-state index contributed by atoms with van der Waals surface area (Å²) in [7, 11) is 0. The number of halogens is 2. The van der Waals surface area contributed by atoms with Crippen LogP contribution in [0.1, 0.15) is 38.6 Å². The summed E-state index contributed by atoms with van der Waals surface area (Å²) in [6.45, 7) is 8.41. The van der Waals surface area contributed by atoms with E-state index in [1.807, 2.05) is 11.8 Å². The first-order valence-corrected chi connectivity index (χ1v) is 11.8. The van der Waals surface area contributed by atoms with Crippen molar-refractivity contribution in [1.29, 1.82) is 0 Å². The number of aromatic hydroxyl groups is 1. The van der Waals surface area contributed by atoms with E-state index in [-0.39, 0.29) is 28.7 Å². The van der Waals surface area contributed by atoms with Crippen LogP contribution in [0.5, 0.6) is 5.75 Å². The highest BCUT2D eigenvalue weighted by Gasteiger charge is 2.35. The number of phenolic OH excluding ortho intramolecular Hbond substituents is 1. The quantitative estimate of drug-likeness (QED) is 0.414. The van der Waals surface area contributed by atoms with Gasteiger partial charge >= 0.3 is 0 Å². The van der Waals surface area contributed by atoms with Crippen LogP contribution >= 0.6 is 0 Å². The van der Waals surface area contributed by atoms with Crippen molar-refractivity contribution < 1.29 is 19.0 Å². The second kappa shape index (κ2) is 8.37. The van der Waals surface area contributed by atoms with Crippen LogP contribution in [0.25, 0.3) is 32.9 Å². The lowest BCUT2D eigenvalue weighted by Gasteiger charge is -2.26. The number of benzene rings is 2. The third kappa shape index (κ3) is 3.95. The van der Waals surface area contributed by atoms with Crippen LogP contribution in [0.4, 0.5) is 14.6 Å². The second-order valence-corrected chi connectivity index (χ2v) is 9.83. The number of pyridine rings is 1. The van der Waals surface area contributed by atoms with Crippen LogP contribution in [0.2, 0.25) is 0 Å². The first-order valence-electron chi connectivity index (χ1n) is 11.8. The van der Waals surface area contributed by atoms with Crippen molar-refractivity contribution in [3.05, 3.63) is 53.5 Å². The fraction of sp³-hybridized carbons (Fsp3) is 0.370. The van der Waals surface area contributed by atoms with Crippen molar-refractivity contribution in [3.63, 3.8) is 0 Å². The molecule has 0 unspecified atom stereocenters. The van der Waals surface area contributed by atoms with E-state index in [1.54, 1.807) is 33.0 Å². The highest BCUT2D eigenvalue weighted by atomic mass is 19.1. The van der Waals surface area contributed by atoms with E-state index in [2.05, 4.69) is 15.0 Å².